The van der Waals surface area contributed by atoms with Crippen molar-refractivity contribution in [2.45, 2.75) is 6.23 Å². The van der Waals surface area contributed by atoms with Crippen molar-refractivity contribution < 1.29 is 13.9 Å². The van der Waals surface area contributed by atoms with Crippen molar-refractivity contribution >= 4 is 23.3 Å². The van der Waals surface area contributed by atoms with Gasteiger partial charge in [0.05, 0.1) is 5.02 Å². The van der Waals surface area contributed by atoms with Gasteiger partial charge in [-0.1, -0.05) is 11.6 Å². The van der Waals surface area contributed by atoms with Crippen LogP contribution >= 0.6 is 11.6 Å². The molecule has 2 rings (SSSR count). The predicted octanol–water partition coefficient (Wildman–Crippen LogP) is 1.04. The van der Waals surface area contributed by atoms with E-state index in [9.17, 15) is 9.18 Å². The molecule has 6 nitrogen and oxygen atoms in total. The topological polar surface area (TPSA) is 71.7 Å². The molecule has 102 valence electrons. The molecule has 1 atom stereocenters. The number of carbonyl (C=O) groups is 1. The standard InChI is InChI=1S/C11H12ClFN4O2/c1-16-9(19-6-13)5-8(10(14)18)17(16)11-7(12)3-2-4-15-11/h2-5,9H,6H2,1H3,(H2,14,18). The lowest BCUT2D eigenvalue weighted by Gasteiger charge is -2.30. The summed E-state index contributed by atoms with van der Waals surface area (Å²) in [5.74, 6) is -0.361. The number of alkyl halides is 1. The Kier molecular flexibility index (Phi) is 3.98. The smallest absolute Gasteiger partial charge is 0.266 e. The average molecular weight is 287 g/mol. The third-order valence-corrected chi connectivity index (χ3v) is 2.93. The van der Waals surface area contributed by atoms with Crippen molar-refractivity contribution in [3.63, 3.8) is 0 Å². The highest BCUT2D eigenvalue weighted by atomic mass is 35.5. The van der Waals surface area contributed by atoms with E-state index in [1.54, 1.807) is 19.2 Å². The average Bonchev–Trinajstić information content (AvgIpc) is 2.69. The normalized spacial score (nSPS) is 19.6. The van der Waals surface area contributed by atoms with Crippen LogP contribution in [-0.4, -0.2) is 36.0 Å². The molecular formula is C11H12ClFN4O2. The van der Waals surface area contributed by atoms with Crippen LogP contribution in [0.2, 0.25) is 5.02 Å². The van der Waals surface area contributed by atoms with Crippen LogP contribution in [0.25, 0.3) is 0 Å². The lowest BCUT2D eigenvalue weighted by Crippen LogP contribution is -2.43. The van der Waals surface area contributed by atoms with Crippen molar-refractivity contribution in [1.29, 1.82) is 0 Å². The van der Waals surface area contributed by atoms with Gasteiger partial charge >= 0.3 is 0 Å². The van der Waals surface area contributed by atoms with Crippen LogP contribution in [0.4, 0.5) is 10.2 Å². The second kappa shape index (κ2) is 5.52. The summed E-state index contributed by atoms with van der Waals surface area (Å²) in [5.41, 5.74) is 5.43. The first-order valence-corrected chi connectivity index (χ1v) is 5.76. The first-order chi connectivity index (χ1) is 9.06. The molecule has 1 amide bonds. The zero-order chi connectivity index (χ0) is 14.0. The summed E-state index contributed by atoms with van der Waals surface area (Å²) in [6.07, 6.45) is 2.19. The van der Waals surface area contributed by atoms with E-state index in [4.69, 9.17) is 22.1 Å². The summed E-state index contributed by atoms with van der Waals surface area (Å²) in [7, 11) is 1.61. The Hall–Kier alpha value is -1.70. The number of likely N-dealkylation sites (N-methyl/N-ethyl adjacent to an activating group) is 1. The molecule has 0 bridgehead atoms. The largest absolute Gasteiger partial charge is 0.364 e. The SMILES string of the molecule is CN1C(OCF)C=C(C(N)=O)N1c1ncccc1Cl. The van der Waals surface area contributed by atoms with Crippen LogP contribution in [0.3, 0.4) is 0 Å². The summed E-state index contributed by atoms with van der Waals surface area (Å²) >= 11 is 6.04. The lowest BCUT2D eigenvalue weighted by atomic mass is 10.3. The van der Waals surface area contributed by atoms with Gasteiger partial charge in [-0.2, -0.15) is 5.01 Å². The Morgan fingerprint density at radius 2 is 2.42 bits per heavy atom. The number of anilines is 1. The van der Waals surface area contributed by atoms with E-state index in [-0.39, 0.29) is 5.70 Å². The minimum atomic E-state index is -0.985. The third-order valence-electron chi connectivity index (χ3n) is 2.64. The number of halogens is 2. The molecule has 2 heterocycles. The molecule has 0 saturated carbocycles. The molecule has 1 aromatic heterocycles. The van der Waals surface area contributed by atoms with Gasteiger partial charge in [-0.25, -0.2) is 14.4 Å². The van der Waals surface area contributed by atoms with E-state index in [0.717, 1.165) is 0 Å². The van der Waals surface area contributed by atoms with Gasteiger partial charge in [0.1, 0.15) is 5.70 Å². The monoisotopic (exact) mass is 286 g/mol. The summed E-state index contributed by atoms with van der Waals surface area (Å²) in [4.78, 5) is 15.5. The lowest BCUT2D eigenvalue weighted by molar-refractivity contribution is -0.114. The maximum atomic E-state index is 12.3. The Labute approximate surface area is 114 Å². The Morgan fingerprint density at radius 3 is 3.00 bits per heavy atom. The summed E-state index contributed by atoms with van der Waals surface area (Å²) in [6, 6.07) is 3.28. The molecule has 8 heteroatoms. The van der Waals surface area contributed by atoms with E-state index < -0.39 is 19.0 Å². The maximum Gasteiger partial charge on any atom is 0.266 e. The molecular weight excluding hydrogens is 275 g/mol. The Balaban J connectivity index is 2.41. The van der Waals surface area contributed by atoms with Gasteiger partial charge in [-0.15, -0.1) is 0 Å². The van der Waals surface area contributed by atoms with Gasteiger partial charge < -0.3 is 10.5 Å². The van der Waals surface area contributed by atoms with E-state index >= 15 is 0 Å². The highest BCUT2D eigenvalue weighted by Gasteiger charge is 2.35. The van der Waals surface area contributed by atoms with Gasteiger partial charge in [0.25, 0.3) is 5.91 Å². The molecule has 2 N–H and O–H groups in total. The molecule has 0 aliphatic carbocycles. The quantitative estimate of drug-likeness (QED) is 0.895. The Morgan fingerprint density at radius 1 is 1.68 bits per heavy atom. The summed E-state index contributed by atoms with van der Waals surface area (Å²) in [5, 5.41) is 3.21. The number of pyridine rings is 1. The number of hydrazine groups is 1. The second-order valence-corrected chi connectivity index (χ2v) is 4.18. The minimum absolute atomic E-state index is 0.126. The van der Waals surface area contributed by atoms with E-state index in [2.05, 4.69) is 4.98 Å². The third kappa shape index (κ3) is 2.53. The van der Waals surface area contributed by atoms with Gasteiger partial charge in [-0.3, -0.25) is 4.79 Å². The van der Waals surface area contributed by atoms with Crippen LogP contribution in [0.5, 0.6) is 0 Å². The molecule has 1 unspecified atom stereocenters. The zero-order valence-electron chi connectivity index (χ0n) is 10.1. The van der Waals surface area contributed by atoms with Crippen LogP contribution in [0.1, 0.15) is 0 Å². The molecule has 19 heavy (non-hydrogen) atoms. The number of ether oxygens (including phenoxy) is 1. The number of hydrogen-bond acceptors (Lipinski definition) is 5. The van der Waals surface area contributed by atoms with E-state index in [1.165, 1.54) is 22.3 Å². The zero-order valence-corrected chi connectivity index (χ0v) is 10.8. The maximum absolute atomic E-state index is 12.3. The summed E-state index contributed by atoms with van der Waals surface area (Å²) in [6.45, 7) is -0.985. The highest BCUT2D eigenvalue weighted by molar-refractivity contribution is 6.33. The summed E-state index contributed by atoms with van der Waals surface area (Å²) < 4.78 is 17.2. The van der Waals surface area contributed by atoms with Crippen LogP contribution in [-0.2, 0) is 9.53 Å². The van der Waals surface area contributed by atoms with Gasteiger partial charge in [0.2, 0.25) is 0 Å². The number of hydrogen-bond donors (Lipinski definition) is 1. The number of nitrogens with zero attached hydrogens (tertiary/aromatic N) is 3. The van der Waals surface area contributed by atoms with Crippen molar-refractivity contribution in [3.8, 4) is 0 Å². The van der Waals surface area contributed by atoms with Crippen molar-refractivity contribution in [1.82, 2.24) is 9.99 Å². The number of aromatic nitrogens is 1. The molecule has 1 aromatic rings. The number of amides is 1. The number of nitrogens with two attached hydrogens (primary N) is 1. The van der Waals surface area contributed by atoms with Crippen molar-refractivity contribution in [3.05, 3.63) is 35.1 Å². The van der Waals surface area contributed by atoms with Crippen LogP contribution in [0, 0.1) is 0 Å². The van der Waals surface area contributed by atoms with Gasteiger partial charge in [-0.05, 0) is 18.2 Å². The molecule has 0 radical (unpaired) electrons. The fourth-order valence-corrected chi connectivity index (χ4v) is 2.00. The number of carbonyl (C=O) groups excluding carboxylic acids is 1. The van der Waals surface area contributed by atoms with E-state index in [0.29, 0.717) is 10.8 Å². The van der Waals surface area contributed by atoms with Crippen LogP contribution in [0.15, 0.2) is 30.1 Å². The molecule has 0 aromatic carbocycles. The Bertz CT molecular complexity index is 525. The predicted molar refractivity (Wildman–Crippen MR) is 67.6 cm³/mol. The van der Waals surface area contributed by atoms with Gasteiger partial charge in [0.15, 0.2) is 18.9 Å². The van der Waals surface area contributed by atoms with Crippen LogP contribution < -0.4 is 10.7 Å². The minimum Gasteiger partial charge on any atom is -0.364 e. The van der Waals surface area contributed by atoms with Gasteiger partial charge in [0, 0.05) is 13.2 Å². The fraction of sp³-hybridized carbons (Fsp3) is 0.273. The first-order valence-electron chi connectivity index (χ1n) is 5.39. The van der Waals surface area contributed by atoms with E-state index in [1.807, 2.05) is 0 Å². The fourth-order valence-electron chi connectivity index (χ4n) is 1.80. The highest BCUT2D eigenvalue weighted by Crippen LogP contribution is 2.31. The molecule has 0 spiro atoms. The number of rotatable bonds is 4. The second-order valence-electron chi connectivity index (χ2n) is 3.78. The molecule has 1 aliphatic heterocycles. The molecule has 1 aliphatic rings. The van der Waals surface area contributed by atoms with Crippen molar-refractivity contribution in [2.75, 3.05) is 18.9 Å². The number of primary amides is 1. The molecule has 0 saturated heterocycles. The molecule has 0 fully saturated rings. The van der Waals surface area contributed by atoms with Crippen molar-refractivity contribution in [2.24, 2.45) is 5.73 Å². The first kappa shape index (κ1) is 13.7.